The lowest BCUT2D eigenvalue weighted by Gasteiger charge is -2.26. The fourth-order valence-corrected chi connectivity index (χ4v) is 3.97. The molecule has 1 aliphatic heterocycles. The minimum absolute atomic E-state index is 0.193. The Morgan fingerprint density at radius 1 is 1.48 bits per heavy atom. The summed E-state index contributed by atoms with van der Waals surface area (Å²) in [4.78, 5) is 30.4. The number of fused-ring (bicyclic) bond motifs is 2. The number of nitrogens with zero attached hydrogens (tertiary/aromatic N) is 2. The van der Waals surface area contributed by atoms with Crippen LogP contribution in [-0.4, -0.2) is 29.0 Å². The number of ketones is 1. The van der Waals surface area contributed by atoms with Gasteiger partial charge in [0.25, 0.3) is 0 Å². The van der Waals surface area contributed by atoms with Crippen molar-refractivity contribution < 1.29 is 14.3 Å². The molecule has 23 heavy (non-hydrogen) atoms. The van der Waals surface area contributed by atoms with Gasteiger partial charge in [0.1, 0.15) is 17.2 Å². The molecule has 1 atom stereocenters. The van der Waals surface area contributed by atoms with Crippen LogP contribution in [0.4, 0.5) is 10.6 Å². The molecule has 7 heteroatoms. The molecule has 0 saturated heterocycles. The highest BCUT2D eigenvalue weighted by atomic mass is 79.9. The molecule has 1 saturated carbocycles. The molecule has 0 bridgehead atoms. The number of carbonyl (C=O) groups is 2. The van der Waals surface area contributed by atoms with E-state index in [-0.39, 0.29) is 5.78 Å². The summed E-state index contributed by atoms with van der Waals surface area (Å²) in [5, 5.41) is 0.524. The number of hydrogen-bond donors (Lipinski definition) is 0. The van der Waals surface area contributed by atoms with Gasteiger partial charge in [-0.05, 0) is 43.1 Å². The van der Waals surface area contributed by atoms with Gasteiger partial charge < -0.3 is 4.74 Å². The van der Waals surface area contributed by atoms with Crippen molar-refractivity contribution in [3.05, 3.63) is 21.3 Å². The number of Topliss-reactive ketones (excluding diaryl/α,β-unsaturated/α-hetero) is 1. The lowest BCUT2D eigenvalue weighted by atomic mass is 9.81. The van der Waals surface area contributed by atoms with Gasteiger partial charge in [-0.25, -0.2) is 9.78 Å². The van der Waals surface area contributed by atoms with Crippen molar-refractivity contribution in [3.63, 3.8) is 0 Å². The number of ether oxygens (including phenoxy) is 1. The number of anilines is 1. The normalized spacial score (nSPS) is 23.5. The van der Waals surface area contributed by atoms with E-state index in [1.807, 2.05) is 20.8 Å². The summed E-state index contributed by atoms with van der Waals surface area (Å²) in [5.41, 5.74) is -0.264. The monoisotopic (exact) mass is 400 g/mol. The van der Waals surface area contributed by atoms with Crippen molar-refractivity contribution in [2.45, 2.75) is 51.0 Å². The standard InChI is InChI=1S/C16H18BrClN2O3/c1-15(2,3)23-14(22)20-8-16(5-4-9(21)6-16)11-12(18)10(17)7-19-13(11)20/h7H,4-6,8H2,1-3H3. The molecule has 1 unspecified atom stereocenters. The van der Waals surface area contributed by atoms with Crippen molar-refractivity contribution in [1.29, 1.82) is 0 Å². The highest BCUT2D eigenvalue weighted by molar-refractivity contribution is 9.10. The van der Waals surface area contributed by atoms with E-state index < -0.39 is 17.1 Å². The summed E-state index contributed by atoms with van der Waals surface area (Å²) in [6.07, 6.45) is 2.69. The zero-order chi connectivity index (χ0) is 17.0. The molecule has 1 aromatic heterocycles. The van der Waals surface area contributed by atoms with E-state index in [4.69, 9.17) is 16.3 Å². The Kier molecular flexibility index (Phi) is 3.96. The molecular weight excluding hydrogens is 384 g/mol. The van der Waals surface area contributed by atoms with Gasteiger partial charge in [-0.2, -0.15) is 0 Å². The average molecular weight is 402 g/mol. The maximum atomic E-state index is 12.6. The number of hydrogen-bond acceptors (Lipinski definition) is 4. The lowest BCUT2D eigenvalue weighted by Crippen LogP contribution is -2.39. The predicted molar refractivity (Wildman–Crippen MR) is 91.1 cm³/mol. The first-order valence-electron chi connectivity index (χ1n) is 7.50. The Morgan fingerprint density at radius 3 is 2.74 bits per heavy atom. The van der Waals surface area contributed by atoms with Crippen LogP contribution in [0.3, 0.4) is 0 Å². The largest absolute Gasteiger partial charge is 0.443 e. The SMILES string of the molecule is CC(C)(C)OC(=O)N1CC2(CCC(=O)C2)c2c1ncc(Br)c2Cl. The van der Waals surface area contributed by atoms with E-state index in [0.717, 1.165) is 5.56 Å². The van der Waals surface area contributed by atoms with E-state index in [1.165, 1.54) is 4.90 Å². The first-order valence-corrected chi connectivity index (χ1v) is 8.67. The molecule has 2 aliphatic rings. The third-order valence-corrected chi connectivity index (χ3v) is 5.45. The van der Waals surface area contributed by atoms with Gasteiger partial charge in [-0.3, -0.25) is 9.69 Å². The van der Waals surface area contributed by atoms with Gasteiger partial charge >= 0.3 is 6.09 Å². The maximum Gasteiger partial charge on any atom is 0.416 e. The molecule has 0 radical (unpaired) electrons. The number of rotatable bonds is 0. The highest BCUT2D eigenvalue weighted by Crippen LogP contribution is 2.52. The lowest BCUT2D eigenvalue weighted by molar-refractivity contribution is -0.117. The number of pyridine rings is 1. The molecule has 1 fully saturated rings. The van der Waals surface area contributed by atoms with Crippen LogP contribution >= 0.6 is 27.5 Å². The third kappa shape index (κ3) is 2.87. The molecule has 1 amide bonds. The second-order valence-corrected chi connectivity index (χ2v) is 8.41. The van der Waals surface area contributed by atoms with Crippen LogP contribution in [0, 0.1) is 0 Å². The topological polar surface area (TPSA) is 59.5 Å². The third-order valence-electron chi connectivity index (χ3n) is 4.23. The Bertz CT molecular complexity index is 701. The van der Waals surface area contributed by atoms with Crippen molar-refractivity contribution in [2.24, 2.45) is 0 Å². The second-order valence-electron chi connectivity index (χ2n) is 7.18. The van der Waals surface area contributed by atoms with E-state index in [2.05, 4.69) is 20.9 Å². The molecule has 124 valence electrons. The van der Waals surface area contributed by atoms with Crippen molar-refractivity contribution in [3.8, 4) is 0 Å². The van der Waals surface area contributed by atoms with Crippen molar-refractivity contribution in [2.75, 3.05) is 11.4 Å². The van der Waals surface area contributed by atoms with Crippen LogP contribution in [0.15, 0.2) is 10.7 Å². The Balaban J connectivity index is 2.06. The zero-order valence-electron chi connectivity index (χ0n) is 13.3. The van der Waals surface area contributed by atoms with Crippen LogP contribution in [0.2, 0.25) is 5.02 Å². The average Bonchev–Trinajstić information content (AvgIpc) is 2.94. The Labute approximate surface area is 148 Å². The highest BCUT2D eigenvalue weighted by Gasteiger charge is 2.52. The summed E-state index contributed by atoms with van der Waals surface area (Å²) >= 11 is 9.87. The van der Waals surface area contributed by atoms with Crippen LogP contribution in [0.25, 0.3) is 0 Å². The number of amides is 1. The van der Waals surface area contributed by atoms with E-state index in [9.17, 15) is 9.59 Å². The van der Waals surface area contributed by atoms with Crippen molar-refractivity contribution in [1.82, 2.24) is 4.98 Å². The summed E-state index contributed by atoms with van der Waals surface area (Å²) < 4.78 is 6.15. The van der Waals surface area contributed by atoms with Crippen LogP contribution in [0.1, 0.15) is 45.6 Å². The van der Waals surface area contributed by atoms with Crippen LogP contribution in [-0.2, 0) is 14.9 Å². The Hall–Kier alpha value is -1.14. The van der Waals surface area contributed by atoms with E-state index >= 15 is 0 Å². The molecule has 0 N–H and O–H groups in total. The van der Waals surface area contributed by atoms with E-state index in [1.54, 1.807) is 6.20 Å². The first-order chi connectivity index (χ1) is 10.6. The van der Waals surface area contributed by atoms with Crippen LogP contribution < -0.4 is 4.90 Å². The smallest absolute Gasteiger partial charge is 0.416 e. The quantitative estimate of drug-likeness (QED) is 0.652. The molecule has 1 spiro atoms. The zero-order valence-corrected chi connectivity index (χ0v) is 15.6. The molecule has 2 heterocycles. The molecule has 1 aliphatic carbocycles. The van der Waals surface area contributed by atoms with Gasteiger partial charge in [0.15, 0.2) is 0 Å². The summed E-state index contributed by atoms with van der Waals surface area (Å²) in [6.45, 7) is 5.84. The minimum atomic E-state index is -0.600. The fourth-order valence-electron chi connectivity index (χ4n) is 3.34. The summed E-state index contributed by atoms with van der Waals surface area (Å²) in [6, 6.07) is 0. The molecular formula is C16H18BrClN2O3. The van der Waals surface area contributed by atoms with Gasteiger partial charge in [0, 0.05) is 36.6 Å². The summed E-state index contributed by atoms with van der Waals surface area (Å²) in [7, 11) is 0. The predicted octanol–water partition coefficient (Wildman–Crippen LogP) is 4.24. The van der Waals surface area contributed by atoms with Crippen molar-refractivity contribution >= 4 is 45.2 Å². The molecule has 3 rings (SSSR count). The maximum absolute atomic E-state index is 12.6. The molecule has 1 aromatic rings. The number of halogens is 2. The van der Waals surface area contributed by atoms with E-state index in [0.29, 0.717) is 41.1 Å². The van der Waals surface area contributed by atoms with Gasteiger partial charge in [-0.15, -0.1) is 0 Å². The number of aromatic nitrogens is 1. The van der Waals surface area contributed by atoms with Gasteiger partial charge in [-0.1, -0.05) is 11.6 Å². The fraction of sp³-hybridized carbons (Fsp3) is 0.562. The molecule has 0 aromatic carbocycles. The van der Waals surface area contributed by atoms with Gasteiger partial charge in [0.2, 0.25) is 0 Å². The second kappa shape index (κ2) is 5.45. The summed E-state index contributed by atoms with van der Waals surface area (Å²) in [5.74, 6) is 0.695. The molecule has 5 nitrogen and oxygen atoms in total. The number of carbonyl (C=O) groups excluding carboxylic acids is 2. The Morgan fingerprint density at radius 2 is 2.17 bits per heavy atom. The van der Waals surface area contributed by atoms with Gasteiger partial charge in [0.05, 0.1) is 9.50 Å². The first kappa shape index (κ1) is 16.7. The van der Waals surface area contributed by atoms with Crippen LogP contribution in [0.5, 0.6) is 0 Å². The minimum Gasteiger partial charge on any atom is -0.443 e.